The number of nitrogens with zero attached hydrogens (tertiary/aromatic N) is 1. The lowest BCUT2D eigenvalue weighted by Crippen LogP contribution is -2.43. The number of halogens is 1. The van der Waals surface area contributed by atoms with Crippen LogP contribution in [0.1, 0.15) is 38.2 Å². The summed E-state index contributed by atoms with van der Waals surface area (Å²) in [6.45, 7) is 2.49. The van der Waals surface area contributed by atoms with Crippen LogP contribution in [0.25, 0.3) is 0 Å². The standard InChI is InChI=1S/C21H25ClN2O3S/c1-2-3-5-16-7-11-18(12-8-16)23-21(25)20-6-4-15-24(20)28(26,27)19-13-9-17(22)10-14-19/h7-14,20H,2-6,15H2,1H3,(H,23,25)/t20-/m0/s1. The molecule has 2 aromatic carbocycles. The maximum atomic E-state index is 13.0. The van der Waals surface area contributed by atoms with Gasteiger partial charge in [-0.3, -0.25) is 4.79 Å². The Labute approximate surface area is 171 Å². The molecule has 0 spiro atoms. The fraction of sp³-hybridized carbons (Fsp3) is 0.381. The van der Waals surface area contributed by atoms with Crippen molar-refractivity contribution < 1.29 is 13.2 Å². The number of aryl methyl sites for hydroxylation is 1. The lowest BCUT2D eigenvalue weighted by atomic mass is 10.1. The van der Waals surface area contributed by atoms with Crippen LogP contribution in [-0.4, -0.2) is 31.2 Å². The predicted molar refractivity (Wildman–Crippen MR) is 112 cm³/mol. The molecule has 0 aromatic heterocycles. The van der Waals surface area contributed by atoms with E-state index in [2.05, 4.69) is 12.2 Å². The molecule has 0 aliphatic carbocycles. The summed E-state index contributed by atoms with van der Waals surface area (Å²) in [5.41, 5.74) is 1.91. The highest BCUT2D eigenvalue weighted by atomic mass is 35.5. The fourth-order valence-electron chi connectivity index (χ4n) is 3.39. The second kappa shape index (κ2) is 9.07. The summed E-state index contributed by atoms with van der Waals surface area (Å²) >= 11 is 5.86. The van der Waals surface area contributed by atoms with Crippen LogP contribution in [0.5, 0.6) is 0 Å². The van der Waals surface area contributed by atoms with E-state index in [1.54, 1.807) is 12.1 Å². The van der Waals surface area contributed by atoms with Crippen molar-refractivity contribution in [1.29, 1.82) is 0 Å². The van der Waals surface area contributed by atoms with E-state index < -0.39 is 16.1 Å². The first kappa shape index (κ1) is 20.8. The van der Waals surface area contributed by atoms with Crippen LogP contribution in [-0.2, 0) is 21.2 Å². The van der Waals surface area contributed by atoms with Gasteiger partial charge in [0.05, 0.1) is 4.90 Å². The van der Waals surface area contributed by atoms with Gasteiger partial charge in [-0.1, -0.05) is 37.1 Å². The van der Waals surface area contributed by atoms with Crippen molar-refractivity contribution in [1.82, 2.24) is 4.31 Å². The molecule has 1 N–H and O–H groups in total. The molecule has 28 heavy (non-hydrogen) atoms. The third kappa shape index (κ3) is 4.74. The Morgan fingerprint density at radius 1 is 1.14 bits per heavy atom. The van der Waals surface area contributed by atoms with Crippen LogP contribution in [0.2, 0.25) is 5.02 Å². The molecule has 3 rings (SSSR count). The molecule has 2 aromatic rings. The van der Waals surface area contributed by atoms with Crippen LogP contribution in [0.15, 0.2) is 53.4 Å². The second-order valence-electron chi connectivity index (χ2n) is 7.02. The maximum absolute atomic E-state index is 13.0. The Kier molecular flexibility index (Phi) is 6.75. The monoisotopic (exact) mass is 420 g/mol. The average molecular weight is 421 g/mol. The van der Waals surface area contributed by atoms with E-state index in [1.807, 2.05) is 24.3 Å². The smallest absolute Gasteiger partial charge is 0.243 e. The van der Waals surface area contributed by atoms with E-state index in [-0.39, 0.29) is 10.8 Å². The molecule has 0 radical (unpaired) electrons. The number of sulfonamides is 1. The molecule has 0 unspecified atom stereocenters. The van der Waals surface area contributed by atoms with E-state index in [9.17, 15) is 13.2 Å². The summed E-state index contributed by atoms with van der Waals surface area (Å²) in [5, 5.41) is 3.33. The first-order chi connectivity index (χ1) is 13.4. The number of rotatable bonds is 7. The lowest BCUT2D eigenvalue weighted by molar-refractivity contribution is -0.119. The molecule has 1 saturated heterocycles. The van der Waals surface area contributed by atoms with Crippen LogP contribution in [0.4, 0.5) is 5.69 Å². The molecule has 5 nitrogen and oxygen atoms in total. The van der Waals surface area contributed by atoms with E-state index in [0.717, 1.165) is 19.3 Å². The van der Waals surface area contributed by atoms with Crippen LogP contribution in [0.3, 0.4) is 0 Å². The normalized spacial score (nSPS) is 17.6. The molecule has 1 atom stereocenters. The highest BCUT2D eigenvalue weighted by Gasteiger charge is 2.39. The van der Waals surface area contributed by atoms with Crippen molar-refractivity contribution in [3.8, 4) is 0 Å². The van der Waals surface area contributed by atoms with Crippen molar-refractivity contribution in [2.75, 3.05) is 11.9 Å². The van der Waals surface area contributed by atoms with Gasteiger partial charge in [0, 0.05) is 17.3 Å². The molecule has 0 bridgehead atoms. The maximum Gasteiger partial charge on any atom is 0.243 e. The van der Waals surface area contributed by atoms with Gasteiger partial charge >= 0.3 is 0 Å². The molecule has 1 aliphatic rings. The molecular formula is C21H25ClN2O3S. The Morgan fingerprint density at radius 3 is 2.46 bits per heavy atom. The van der Waals surface area contributed by atoms with Crippen molar-refractivity contribution >= 4 is 33.2 Å². The Balaban J connectivity index is 1.71. The summed E-state index contributed by atoms with van der Waals surface area (Å²) in [7, 11) is -3.75. The summed E-state index contributed by atoms with van der Waals surface area (Å²) in [4.78, 5) is 12.9. The van der Waals surface area contributed by atoms with Crippen molar-refractivity contribution in [3.63, 3.8) is 0 Å². The quantitative estimate of drug-likeness (QED) is 0.718. The fourth-order valence-corrected chi connectivity index (χ4v) is 5.18. The lowest BCUT2D eigenvalue weighted by Gasteiger charge is -2.23. The number of hydrogen-bond donors (Lipinski definition) is 1. The van der Waals surface area contributed by atoms with Crippen LogP contribution >= 0.6 is 11.6 Å². The zero-order valence-corrected chi connectivity index (χ0v) is 17.5. The third-order valence-electron chi connectivity index (χ3n) is 4.97. The van der Waals surface area contributed by atoms with Gasteiger partial charge in [0.2, 0.25) is 15.9 Å². The molecule has 0 saturated carbocycles. The highest BCUT2D eigenvalue weighted by Crippen LogP contribution is 2.27. The zero-order chi connectivity index (χ0) is 20.1. The van der Waals surface area contributed by atoms with Gasteiger partial charge in [-0.05, 0) is 67.6 Å². The summed E-state index contributed by atoms with van der Waals surface area (Å²) in [5.74, 6) is -0.295. The van der Waals surface area contributed by atoms with Crippen molar-refractivity contribution in [2.45, 2.75) is 50.0 Å². The average Bonchev–Trinajstić information content (AvgIpc) is 3.19. The summed E-state index contributed by atoms with van der Waals surface area (Å²) in [6.07, 6.45) is 4.44. The molecule has 7 heteroatoms. The van der Waals surface area contributed by atoms with E-state index in [4.69, 9.17) is 11.6 Å². The van der Waals surface area contributed by atoms with E-state index >= 15 is 0 Å². The minimum absolute atomic E-state index is 0.150. The largest absolute Gasteiger partial charge is 0.325 e. The van der Waals surface area contributed by atoms with Gasteiger partial charge in [0.15, 0.2) is 0 Å². The van der Waals surface area contributed by atoms with Crippen molar-refractivity contribution in [3.05, 3.63) is 59.1 Å². The van der Waals surface area contributed by atoms with Crippen LogP contribution in [0, 0.1) is 0 Å². The number of carbonyl (C=O) groups excluding carboxylic acids is 1. The number of amides is 1. The number of hydrogen-bond acceptors (Lipinski definition) is 3. The van der Waals surface area contributed by atoms with Gasteiger partial charge in [-0.25, -0.2) is 8.42 Å². The number of benzene rings is 2. The molecular weight excluding hydrogens is 396 g/mol. The topological polar surface area (TPSA) is 66.5 Å². The van der Waals surface area contributed by atoms with Gasteiger partial charge in [-0.15, -0.1) is 0 Å². The number of nitrogens with one attached hydrogen (secondary N) is 1. The molecule has 1 fully saturated rings. The van der Waals surface area contributed by atoms with E-state index in [0.29, 0.717) is 30.1 Å². The minimum Gasteiger partial charge on any atom is -0.325 e. The van der Waals surface area contributed by atoms with Gasteiger partial charge < -0.3 is 5.32 Å². The number of anilines is 1. The molecule has 1 amide bonds. The van der Waals surface area contributed by atoms with Gasteiger partial charge in [0.1, 0.15) is 6.04 Å². The van der Waals surface area contributed by atoms with Crippen molar-refractivity contribution in [2.24, 2.45) is 0 Å². The minimum atomic E-state index is -3.75. The Morgan fingerprint density at radius 2 is 1.82 bits per heavy atom. The number of unbranched alkanes of at least 4 members (excludes halogenated alkanes) is 1. The second-order valence-corrected chi connectivity index (χ2v) is 9.34. The zero-order valence-electron chi connectivity index (χ0n) is 15.9. The Hall–Kier alpha value is -1.89. The SMILES string of the molecule is CCCCc1ccc(NC(=O)[C@@H]2CCCN2S(=O)(=O)c2ccc(Cl)cc2)cc1. The van der Waals surface area contributed by atoms with E-state index in [1.165, 1.54) is 22.0 Å². The van der Waals surface area contributed by atoms with Gasteiger partial charge in [-0.2, -0.15) is 4.31 Å². The summed E-state index contributed by atoms with van der Waals surface area (Å²) in [6, 6.07) is 13.1. The first-order valence-corrected chi connectivity index (χ1v) is 11.4. The van der Waals surface area contributed by atoms with Crippen LogP contribution < -0.4 is 5.32 Å². The molecule has 1 heterocycles. The predicted octanol–water partition coefficient (Wildman–Crippen LogP) is 4.47. The first-order valence-electron chi connectivity index (χ1n) is 9.59. The summed E-state index contributed by atoms with van der Waals surface area (Å²) < 4.78 is 27.2. The molecule has 150 valence electrons. The molecule has 1 aliphatic heterocycles. The highest BCUT2D eigenvalue weighted by molar-refractivity contribution is 7.89. The van der Waals surface area contributed by atoms with Gasteiger partial charge in [0.25, 0.3) is 0 Å². The number of carbonyl (C=O) groups is 1. The Bertz CT molecular complexity index is 912. The third-order valence-corrected chi connectivity index (χ3v) is 7.14.